The first-order chi connectivity index (χ1) is 4.27. The summed E-state index contributed by atoms with van der Waals surface area (Å²) in [6, 6.07) is 0. The molecule has 1 heteroatoms. The smallest absolute Gasteiger partial charge is 0.0763 e. The number of rotatable bonds is 2. The van der Waals surface area contributed by atoms with E-state index in [0.29, 0.717) is 0 Å². The molecule has 0 bridgehead atoms. The lowest BCUT2D eigenvalue weighted by atomic mass is 9.98. The summed E-state index contributed by atoms with van der Waals surface area (Å²) in [5, 5.41) is 0. The highest BCUT2D eigenvalue weighted by Crippen LogP contribution is 2.21. The maximum absolute atomic E-state index is 4.32. The summed E-state index contributed by atoms with van der Waals surface area (Å²) in [5.41, 5.74) is 0.134. The van der Waals surface area contributed by atoms with Crippen LogP contribution < -0.4 is 0 Å². The maximum Gasteiger partial charge on any atom is 0.0763 e. The zero-order chi connectivity index (χ0) is 6.74. The Morgan fingerprint density at radius 2 is 2.33 bits per heavy atom. The van der Waals surface area contributed by atoms with Crippen LogP contribution in [0, 0.1) is 0 Å². The minimum absolute atomic E-state index is 0.134. The Hall–Kier alpha value is -0.590. The maximum atomic E-state index is 4.32. The molecule has 1 heterocycles. The van der Waals surface area contributed by atoms with Crippen molar-refractivity contribution < 1.29 is 0 Å². The molecule has 50 valence electrons. The van der Waals surface area contributed by atoms with Crippen molar-refractivity contribution in [3.63, 3.8) is 0 Å². The normalized spacial score (nSPS) is 31.8. The van der Waals surface area contributed by atoms with Gasteiger partial charge in [0.15, 0.2) is 0 Å². The third kappa shape index (κ3) is 1.41. The molecule has 0 radical (unpaired) electrons. The van der Waals surface area contributed by atoms with Crippen LogP contribution in [0.2, 0.25) is 0 Å². The lowest BCUT2D eigenvalue weighted by Gasteiger charge is -2.15. The Balaban J connectivity index is 2.53. The Morgan fingerprint density at radius 3 is 2.78 bits per heavy atom. The van der Waals surface area contributed by atoms with Crippen LogP contribution >= 0.6 is 0 Å². The summed E-state index contributed by atoms with van der Waals surface area (Å²) in [7, 11) is 0. The molecule has 0 saturated heterocycles. The summed E-state index contributed by atoms with van der Waals surface area (Å²) >= 11 is 0. The fraction of sp³-hybridized carbons (Fsp3) is 0.625. The SMILES string of the molecule is CCCC1(C)C=CC=N1. The Kier molecular flexibility index (Phi) is 1.70. The summed E-state index contributed by atoms with van der Waals surface area (Å²) in [5.74, 6) is 0. The summed E-state index contributed by atoms with van der Waals surface area (Å²) < 4.78 is 0. The highest BCUT2D eigenvalue weighted by atomic mass is 14.8. The number of aliphatic imine (C=N–C) groups is 1. The van der Waals surface area contributed by atoms with Gasteiger partial charge in [0.25, 0.3) is 0 Å². The van der Waals surface area contributed by atoms with Gasteiger partial charge in [-0.15, -0.1) is 0 Å². The van der Waals surface area contributed by atoms with Gasteiger partial charge in [-0.1, -0.05) is 19.4 Å². The van der Waals surface area contributed by atoms with Gasteiger partial charge in [-0.3, -0.25) is 4.99 Å². The van der Waals surface area contributed by atoms with Crippen molar-refractivity contribution in [3.8, 4) is 0 Å². The van der Waals surface area contributed by atoms with Crippen molar-refractivity contribution in [1.29, 1.82) is 0 Å². The van der Waals surface area contributed by atoms with Crippen LogP contribution in [0.4, 0.5) is 0 Å². The van der Waals surface area contributed by atoms with E-state index < -0.39 is 0 Å². The molecule has 1 unspecified atom stereocenters. The van der Waals surface area contributed by atoms with Gasteiger partial charge < -0.3 is 0 Å². The van der Waals surface area contributed by atoms with Gasteiger partial charge in [0.2, 0.25) is 0 Å². The standard InChI is InChI=1S/C8H13N/c1-3-5-8(2)6-4-7-9-8/h4,6-7H,3,5H2,1-2H3. The molecule has 0 aliphatic carbocycles. The van der Waals surface area contributed by atoms with Gasteiger partial charge in [-0.2, -0.15) is 0 Å². The third-order valence-electron chi connectivity index (χ3n) is 1.67. The van der Waals surface area contributed by atoms with Crippen molar-refractivity contribution in [1.82, 2.24) is 0 Å². The first kappa shape index (κ1) is 6.53. The van der Waals surface area contributed by atoms with Crippen LogP contribution in [0.1, 0.15) is 26.7 Å². The molecular formula is C8H13N. The van der Waals surface area contributed by atoms with E-state index in [0.717, 1.165) is 0 Å². The van der Waals surface area contributed by atoms with Crippen LogP contribution in [0.5, 0.6) is 0 Å². The molecule has 1 rings (SSSR count). The van der Waals surface area contributed by atoms with E-state index in [2.05, 4.69) is 24.9 Å². The van der Waals surface area contributed by atoms with Crippen LogP contribution in [-0.4, -0.2) is 11.8 Å². The monoisotopic (exact) mass is 123 g/mol. The van der Waals surface area contributed by atoms with Crippen LogP contribution in [-0.2, 0) is 0 Å². The highest BCUT2D eigenvalue weighted by molar-refractivity contribution is 5.75. The Labute approximate surface area is 56.5 Å². The van der Waals surface area contributed by atoms with E-state index in [4.69, 9.17) is 0 Å². The fourth-order valence-electron chi connectivity index (χ4n) is 1.16. The Morgan fingerprint density at radius 1 is 1.56 bits per heavy atom. The lowest BCUT2D eigenvalue weighted by molar-refractivity contribution is 0.537. The van der Waals surface area contributed by atoms with E-state index in [1.165, 1.54) is 12.8 Å². The zero-order valence-corrected chi connectivity index (χ0v) is 6.09. The molecule has 1 nitrogen and oxygen atoms in total. The second-order valence-electron chi connectivity index (χ2n) is 2.74. The minimum atomic E-state index is 0.134. The predicted molar refractivity (Wildman–Crippen MR) is 40.9 cm³/mol. The largest absolute Gasteiger partial charge is 0.283 e. The van der Waals surface area contributed by atoms with E-state index in [9.17, 15) is 0 Å². The Bertz CT molecular complexity index is 133. The molecule has 0 N–H and O–H groups in total. The average Bonchev–Trinajstić information content (AvgIpc) is 2.16. The number of nitrogens with zero attached hydrogens (tertiary/aromatic N) is 1. The molecule has 1 aliphatic rings. The fourth-order valence-corrected chi connectivity index (χ4v) is 1.16. The second kappa shape index (κ2) is 2.34. The molecule has 9 heavy (non-hydrogen) atoms. The van der Waals surface area contributed by atoms with Gasteiger partial charge in [0.1, 0.15) is 0 Å². The average molecular weight is 123 g/mol. The molecule has 0 amide bonds. The number of hydrogen-bond donors (Lipinski definition) is 0. The minimum Gasteiger partial charge on any atom is -0.283 e. The van der Waals surface area contributed by atoms with Crippen molar-refractivity contribution in [2.45, 2.75) is 32.2 Å². The number of allylic oxidation sites excluding steroid dienone is 1. The third-order valence-corrected chi connectivity index (χ3v) is 1.67. The van der Waals surface area contributed by atoms with Crippen LogP contribution in [0.3, 0.4) is 0 Å². The zero-order valence-electron chi connectivity index (χ0n) is 6.09. The molecule has 0 aromatic carbocycles. The summed E-state index contributed by atoms with van der Waals surface area (Å²) in [4.78, 5) is 4.32. The quantitative estimate of drug-likeness (QED) is 0.533. The van der Waals surface area contributed by atoms with Crippen LogP contribution in [0.25, 0.3) is 0 Å². The molecule has 1 atom stereocenters. The van der Waals surface area contributed by atoms with Gasteiger partial charge in [0, 0.05) is 6.21 Å². The first-order valence-electron chi connectivity index (χ1n) is 3.50. The van der Waals surface area contributed by atoms with Crippen molar-refractivity contribution in [3.05, 3.63) is 12.2 Å². The molecule has 0 aromatic rings. The summed E-state index contributed by atoms with van der Waals surface area (Å²) in [6.45, 7) is 4.35. The topological polar surface area (TPSA) is 12.4 Å². The van der Waals surface area contributed by atoms with E-state index in [1.54, 1.807) is 0 Å². The molecule has 1 aliphatic heterocycles. The van der Waals surface area contributed by atoms with E-state index >= 15 is 0 Å². The predicted octanol–water partition coefficient (Wildman–Crippen LogP) is 2.19. The van der Waals surface area contributed by atoms with Crippen LogP contribution in [0.15, 0.2) is 17.1 Å². The first-order valence-corrected chi connectivity index (χ1v) is 3.50. The molecule has 0 aromatic heterocycles. The van der Waals surface area contributed by atoms with Crippen molar-refractivity contribution >= 4 is 6.21 Å². The van der Waals surface area contributed by atoms with E-state index in [-0.39, 0.29) is 5.54 Å². The van der Waals surface area contributed by atoms with Crippen molar-refractivity contribution in [2.24, 2.45) is 4.99 Å². The molecule has 0 spiro atoms. The van der Waals surface area contributed by atoms with Crippen molar-refractivity contribution in [2.75, 3.05) is 0 Å². The lowest BCUT2D eigenvalue weighted by Crippen LogP contribution is -2.14. The molecule has 0 fully saturated rings. The van der Waals surface area contributed by atoms with Gasteiger partial charge in [0.05, 0.1) is 5.54 Å². The second-order valence-corrected chi connectivity index (χ2v) is 2.74. The number of hydrogen-bond acceptors (Lipinski definition) is 1. The highest BCUT2D eigenvalue weighted by Gasteiger charge is 2.18. The summed E-state index contributed by atoms with van der Waals surface area (Å²) in [6.07, 6.45) is 8.44. The van der Waals surface area contributed by atoms with Gasteiger partial charge in [-0.25, -0.2) is 0 Å². The molecule has 0 saturated carbocycles. The van der Waals surface area contributed by atoms with E-state index in [1.807, 2.05) is 12.3 Å². The van der Waals surface area contributed by atoms with Gasteiger partial charge >= 0.3 is 0 Å². The molecular weight excluding hydrogens is 110 g/mol. The van der Waals surface area contributed by atoms with Gasteiger partial charge in [-0.05, 0) is 19.4 Å².